The summed E-state index contributed by atoms with van der Waals surface area (Å²) in [4.78, 5) is 48.0. The van der Waals surface area contributed by atoms with Gasteiger partial charge in [0.2, 0.25) is 12.2 Å². The van der Waals surface area contributed by atoms with E-state index in [9.17, 15) is 19.2 Å². The standard InChI is InChI=1S/C14H14N3O4/c1-10(19)16-7-8-17(14(16)21)13(20)15-12(9-18)11-5-3-2-4-6-11/h2-6,12H,7-8H2,1H3,(H,15,20). The second kappa shape index (κ2) is 6.17. The lowest BCUT2D eigenvalue weighted by Crippen LogP contribution is -2.45. The molecule has 7 heteroatoms. The van der Waals surface area contributed by atoms with Gasteiger partial charge in [-0.15, -0.1) is 0 Å². The minimum absolute atomic E-state index is 0.102. The molecule has 0 aliphatic carbocycles. The lowest BCUT2D eigenvalue weighted by atomic mass is 10.1. The molecular weight excluding hydrogens is 274 g/mol. The lowest BCUT2D eigenvalue weighted by molar-refractivity contribution is -0.125. The van der Waals surface area contributed by atoms with Crippen LogP contribution in [0.4, 0.5) is 9.59 Å². The van der Waals surface area contributed by atoms with Gasteiger partial charge in [0.25, 0.3) is 0 Å². The first kappa shape index (κ1) is 14.7. The van der Waals surface area contributed by atoms with E-state index in [0.717, 1.165) is 9.80 Å². The highest BCUT2D eigenvalue weighted by atomic mass is 16.2. The minimum Gasteiger partial charge on any atom is -0.323 e. The Balaban J connectivity index is 2.06. The number of urea groups is 2. The quantitative estimate of drug-likeness (QED) is 0.892. The summed E-state index contributed by atoms with van der Waals surface area (Å²) in [5, 5.41) is 2.42. The summed E-state index contributed by atoms with van der Waals surface area (Å²) in [5.74, 6) is -0.420. The number of carbonyl (C=O) groups is 3. The van der Waals surface area contributed by atoms with E-state index in [1.807, 2.05) is 0 Å². The Morgan fingerprint density at radius 1 is 1.19 bits per heavy atom. The molecule has 1 aromatic carbocycles. The fourth-order valence-electron chi connectivity index (χ4n) is 2.05. The second-order valence-electron chi connectivity index (χ2n) is 4.52. The molecule has 1 unspecified atom stereocenters. The smallest absolute Gasteiger partial charge is 0.323 e. The van der Waals surface area contributed by atoms with Crippen LogP contribution in [0, 0.1) is 0 Å². The molecule has 1 aliphatic rings. The summed E-state index contributed by atoms with van der Waals surface area (Å²) >= 11 is 0. The van der Waals surface area contributed by atoms with Crippen LogP contribution in [0.3, 0.4) is 0 Å². The zero-order chi connectivity index (χ0) is 15.4. The average Bonchev–Trinajstić information content (AvgIpc) is 2.87. The van der Waals surface area contributed by atoms with Crippen LogP contribution >= 0.6 is 0 Å². The molecular formula is C14H14N3O4. The van der Waals surface area contributed by atoms with Crippen molar-refractivity contribution in [2.45, 2.75) is 13.0 Å². The van der Waals surface area contributed by atoms with E-state index in [1.54, 1.807) is 36.6 Å². The molecule has 1 saturated heterocycles. The molecule has 0 aromatic heterocycles. The van der Waals surface area contributed by atoms with E-state index in [-0.39, 0.29) is 13.1 Å². The third-order valence-electron chi connectivity index (χ3n) is 3.15. The van der Waals surface area contributed by atoms with Crippen LogP contribution in [0.2, 0.25) is 0 Å². The predicted octanol–water partition coefficient (Wildman–Crippen LogP) is 0.831. The Morgan fingerprint density at radius 2 is 1.81 bits per heavy atom. The number of rotatable bonds is 3. The SMILES string of the molecule is CC(=O)N1CCN(C(=O)NC([C]=O)c2ccccc2)C1=O. The number of carbonyl (C=O) groups excluding carboxylic acids is 4. The van der Waals surface area contributed by atoms with Gasteiger partial charge >= 0.3 is 12.1 Å². The fraction of sp³-hybridized carbons (Fsp3) is 0.286. The molecule has 1 fully saturated rings. The Morgan fingerprint density at radius 3 is 2.33 bits per heavy atom. The lowest BCUT2D eigenvalue weighted by Gasteiger charge is -2.18. The van der Waals surface area contributed by atoms with Gasteiger partial charge in [-0.1, -0.05) is 30.3 Å². The Kier molecular flexibility index (Phi) is 4.32. The van der Waals surface area contributed by atoms with Gasteiger partial charge in [0.05, 0.1) is 6.54 Å². The number of hydrogen-bond donors (Lipinski definition) is 1. The van der Waals surface area contributed by atoms with Crippen LogP contribution in [-0.2, 0) is 9.59 Å². The summed E-state index contributed by atoms with van der Waals surface area (Å²) < 4.78 is 0. The first-order chi connectivity index (χ1) is 10.0. The van der Waals surface area contributed by atoms with Crippen LogP contribution in [0.5, 0.6) is 0 Å². The molecule has 0 bridgehead atoms. The molecule has 0 spiro atoms. The van der Waals surface area contributed by atoms with Crippen molar-refractivity contribution >= 4 is 24.3 Å². The highest BCUT2D eigenvalue weighted by Crippen LogP contribution is 2.13. The van der Waals surface area contributed by atoms with Gasteiger partial charge in [0.1, 0.15) is 6.04 Å². The van der Waals surface area contributed by atoms with E-state index in [0.29, 0.717) is 5.56 Å². The van der Waals surface area contributed by atoms with Gasteiger partial charge in [-0.2, -0.15) is 0 Å². The Labute approximate surface area is 121 Å². The van der Waals surface area contributed by atoms with Crippen molar-refractivity contribution in [3.8, 4) is 0 Å². The van der Waals surface area contributed by atoms with Gasteiger partial charge in [-0.05, 0) is 5.56 Å². The first-order valence-corrected chi connectivity index (χ1v) is 6.37. The van der Waals surface area contributed by atoms with Crippen LogP contribution in [0.15, 0.2) is 30.3 Å². The van der Waals surface area contributed by atoms with Crippen molar-refractivity contribution in [2.24, 2.45) is 0 Å². The van der Waals surface area contributed by atoms with Crippen molar-refractivity contribution in [2.75, 3.05) is 13.1 Å². The van der Waals surface area contributed by atoms with Gasteiger partial charge in [-0.3, -0.25) is 14.5 Å². The molecule has 1 aromatic rings. The minimum atomic E-state index is -0.960. The number of nitrogens with zero attached hydrogens (tertiary/aromatic N) is 2. The van der Waals surface area contributed by atoms with E-state index in [1.165, 1.54) is 6.92 Å². The van der Waals surface area contributed by atoms with Crippen molar-refractivity contribution in [1.82, 2.24) is 15.1 Å². The van der Waals surface area contributed by atoms with Crippen LogP contribution in [-0.4, -0.2) is 47.1 Å². The Bertz CT molecular complexity index is 573. The van der Waals surface area contributed by atoms with Crippen molar-refractivity contribution in [3.63, 3.8) is 0 Å². The molecule has 1 N–H and O–H groups in total. The molecule has 7 nitrogen and oxygen atoms in total. The highest BCUT2D eigenvalue weighted by Gasteiger charge is 2.36. The maximum absolute atomic E-state index is 12.0. The maximum atomic E-state index is 12.0. The van der Waals surface area contributed by atoms with Gasteiger partial charge in [-0.25, -0.2) is 14.5 Å². The third-order valence-corrected chi connectivity index (χ3v) is 3.15. The summed E-state index contributed by atoms with van der Waals surface area (Å²) in [6, 6.07) is 6.21. The van der Waals surface area contributed by atoms with E-state index in [4.69, 9.17) is 0 Å². The van der Waals surface area contributed by atoms with Crippen molar-refractivity contribution < 1.29 is 19.2 Å². The molecule has 109 valence electrons. The van der Waals surface area contributed by atoms with Gasteiger partial charge in [0.15, 0.2) is 0 Å². The number of nitrogens with one attached hydrogen (secondary N) is 1. The zero-order valence-electron chi connectivity index (χ0n) is 11.4. The summed E-state index contributed by atoms with van der Waals surface area (Å²) in [6.45, 7) is 1.51. The fourth-order valence-corrected chi connectivity index (χ4v) is 2.05. The van der Waals surface area contributed by atoms with Crippen LogP contribution in [0.1, 0.15) is 18.5 Å². The van der Waals surface area contributed by atoms with Gasteiger partial charge < -0.3 is 5.32 Å². The normalized spacial score (nSPS) is 15.8. The number of amides is 5. The first-order valence-electron chi connectivity index (χ1n) is 6.37. The average molecular weight is 288 g/mol. The van der Waals surface area contributed by atoms with E-state index in [2.05, 4.69) is 5.32 Å². The molecule has 1 heterocycles. The summed E-state index contributed by atoms with van der Waals surface area (Å²) in [7, 11) is 0. The molecule has 2 rings (SSSR count). The van der Waals surface area contributed by atoms with Crippen LogP contribution < -0.4 is 5.32 Å². The molecule has 21 heavy (non-hydrogen) atoms. The van der Waals surface area contributed by atoms with Gasteiger partial charge in [0, 0.05) is 13.5 Å². The number of imide groups is 2. The van der Waals surface area contributed by atoms with Crippen LogP contribution in [0.25, 0.3) is 0 Å². The Hall–Kier alpha value is -2.70. The molecule has 1 radical (unpaired) electrons. The zero-order valence-corrected chi connectivity index (χ0v) is 11.4. The van der Waals surface area contributed by atoms with Crippen molar-refractivity contribution in [1.29, 1.82) is 0 Å². The van der Waals surface area contributed by atoms with E-state index < -0.39 is 24.0 Å². The molecule has 1 aliphatic heterocycles. The number of hydrogen-bond acceptors (Lipinski definition) is 4. The second-order valence-corrected chi connectivity index (χ2v) is 4.52. The maximum Gasteiger partial charge on any atom is 0.334 e. The van der Waals surface area contributed by atoms with E-state index >= 15 is 0 Å². The topological polar surface area (TPSA) is 86.8 Å². The van der Waals surface area contributed by atoms with Crippen molar-refractivity contribution in [3.05, 3.63) is 35.9 Å². The molecule has 1 atom stereocenters. The highest BCUT2D eigenvalue weighted by molar-refractivity contribution is 6.03. The third kappa shape index (κ3) is 3.07. The molecule has 5 amide bonds. The predicted molar refractivity (Wildman–Crippen MR) is 72.9 cm³/mol. The molecule has 0 saturated carbocycles. The largest absolute Gasteiger partial charge is 0.334 e. The monoisotopic (exact) mass is 288 g/mol. The summed E-state index contributed by atoms with van der Waals surface area (Å²) in [5.41, 5.74) is 0.566. The number of benzene rings is 1. The summed E-state index contributed by atoms with van der Waals surface area (Å²) in [6.07, 6.45) is 1.72.